The fraction of sp³-hybridized carbons (Fsp3) is 0.294. The maximum atomic E-state index is 12.9. The number of hydrogen-bond acceptors (Lipinski definition) is 2. The van der Waals surface area contributed by atoms with Gasteiger partial charge < -0.3 is 9.47 Å². The summed E-state index contributed by atoms with van der Waals surface area (Å²) in [5.74, 6) is 0.814. The predicted molar refractivity (Wildman–Crippen MR) is 77.9 cm³/mol. The van der Waals surface area contributed by atoms with Crippen LogP contribution in [-0.2, 0) is 0 Å². The van der Waals surface area contributed by atoms with Crippen LogP contribution in [-0.4, -0.2) is 13.2 Å². The third-order valence-electron chi connectivity index (χ3n) is 3.08. The molecule has 112 valence electrons. The first kappa shape index (κ1) is 15.3. The van der Waals surface area contributed by atoms with Crippen LogP contribution in [0.1, 0.15) is 17.5 Å². The molecule has 0 radical (unpaired) electrons. The van der Waals surface area contributed by atoms with Crippen molar-refractivity contribution in [2.45, 2.75) is 20.3 Å². The molecule has 0 unspecified atom stereocenters. The SMILES string of the molecule is Cc1cc(F)ccc1OCCCOc1ccc(F)cc1C. The van der Waals surface area contributed by atoms with Crippen molar-refractivity contribution >= 4 is 0 Å². The fourth-order valence-corrected chi connectivity index (χ4v) is 1.97. The van der Waals surface area contributed by atoms with Crippen LogP contribution < -0.4 is 9.47 Å². The Hall–Kier alpha value is -2.10. The molecule has 0 spiro atoms. The van der Waals surface area contributed by atoms with E-state index in [1.807, 2.05) is 0 Å². The number of halogens is 2. The average molecular weight is 292 g/mol. The number of aryl methyl sites for hydroxylation is 2. The quantitative estimate of drug-likeness (QED) is 0.733. The minimum Gasteiger partial charge on any atom is -0.493 e. The van der Waals surface area contributed by atoms with Crippen LogP contribution in [0, 0.1) is 25.5 Å². The molecule has 0 aliphatic heterocycles. The van der Waals surface area contributed by atoms with Crippen LogP contribution in [0.5, 0.6) is 11.5 Å². The molecule has 0 atom stereocenters. The molecule has 0 N–H and O–H groups in total. The second kappa shape index (κ2) is 7.07. The largest absolute Gasteiger partial charge is 0.493 e. The van der Waals surface area contributed by atoms with Gasteiger partial charge in [-0.3, -0.25) is 0 Å². The van der Waals surface area contributed by atoms with Crippen molar-refractivity contribution in [3.8, 4) is 11.5 Å². The monoisotopic (exact) mass is 292 g/mol. The summed E-state index contributed by atoms with van der Waals surface area (Å²) in [6.07, 6.45) is 0.688. The van der Waals surface area contributed by atoms with Crippen molar-refractivity contribution in [3.63, 3.8) is 0 Å². The van der Waals surface area contributed by atoms with Crippen molar-refractivity contribution in [3.05, 3.63) is 59.2 Å². The number of rotatable bonds is 6. The standard InChI is InChI=1S/C17H18F2O2/c1-12-10-14(18)4-6-16(12)20-8-3-9-21-17-7-5-15(19)11-13(17)2/h4-7,10-11H,3,8-9H2,1-2H3. The summed E-state index contributed by atoms with van der Waals surface area (Å²) in [7, 11) is 0. The van der Waals surface area contributed by atoms with Gasteiger partial charge in [0.15, 0.2) is 0 Å². The van der Waals surface area contributed by atoms with Gasteiger partial charge in [0.2, 0.25) is 0 Å². The first-order valence-corrected chi connectivity index (χ1v) is 6.84. The van der Waals surface area contributed by atoms with E-state index in [4.69, 9.17) is 9.47 Å². The van der Waals surface area contributed by atoms with Gasteiger partial charge in [-0.1, -0.05) is 0 Å². The van der Waals surface area contributed by atoms with E-state index in [1.165, 1.54) is 24.3 Å². The maximum Gasteiger partial charge on any atom is 0.123 e. The molecule has 0 fully saturated rings. The first-order chi connectivity index (χ1) is 10.1. The van der Waals surface area contributed by atoms with E-state index in [0.717, 1.165) is 11.1 Å². The van der Waals surface area contributed by atoms with Crippen molar-refractivity contribution in [1.82, 2.24) is 0 Å². The van der Waals surface area contributed by atoms with Crippen molar-refractivity contribution < 1.29 is 18.3 Å². The van der Waals surface area contributed by atoms with E-state index in [0.29, 0.717) is 31.1 Å². The lowest BCUT2D eigenvalue weighted by atomic mass is 10.2. The van der Waals surface area contributed by atoms with Crippen LogP contribution >= 0.6 is 0 Å². The number of hydrogen-bond donors (Lipinski definition) is 0. The predicted octanol–water partition coefficient (Wildman–Crippen LogP) is 4.43. The summed E-state index contributed by atoms with van der Waals surface area (Å²) in [6.45, 7) is 4.56. The highest BCUT2D eigenvalue weighted by Gasteiger charge is 2.03. The molecule has 2 rings (SSSR count). The minimum absolute atomic E-state index is 0.269. The molecule has 0 saturated carbocycles. The molecule has 21 heavy (non-hydrogen) atoms. The molecule has 4 heteroatoms. The second-order valence-electron chi connectivity index (χ2n) is 4.87. The molecule has 0 amide bonds. The van der Waals surface area contributed by atoms with Crippen LogP contribution in [0.25, 0.3) is 0 Å². The van der Waals surface area contributed by atoms with Gasteiger partial charge in [0, 0.05) is 6.42 Å². The van der Waals surface area contributed by atoms with E-state index >= 15 is 0 Å². The Morgan fingerprint density at radius 3 is 1.57 bits per heavy atom. The fourth-order valence-electron chi connectivity index (χ4n) is 1.97. The van der Waals surface area contributed by atoms with E-state index in [-0.39, 0.29) is 11.6 Å². The summed E-state index contributed by atoms with van der Waals surface area (Å²) in [6, 6.07) is 8.87. The van der Waals surface area contributed by atoms with E-state index in [9.17, 15) is 8.78 Å². The Kier molecular flexibility index (Phi) is 5.14. The Morgan fingerprint density at radius 2 is 1.19 bits per heavy atom. The lowest BCUT2D eigenvalue weighted by Crippen LogP contribution is -2.06. The van der Waals surface area contributed by atoms with Gasteiger partial charge in [-0.05, 0) is 61.4 Å². The Labute approximate surface area is 123 Å². The van der Waals surface area contributed by atoms with E-state index in [2.05, 4.69) is 0 Å². The third-order valence-corrected chi connectivity index (χ3v) is 3.08. The highest BCUT2D eigenvalue weighted by Crippen LogP contribution is 2.20. The van der Waals surface area contributed by atoms with Crippen molar-refractivity contribution in [2.75, 3.05) is 13.2 Å². The zero-order valence-corrected chi connectivity index (χ0v) is 12.2. The van der Waals surface area contributed by atoms with Gasteiger partial charge in [0.1, 0.15) is 23.1 Å². The van der Waals surface area contributed by atoms with Gasteiger partial charge in [0.25, 0.3) is 0 Å². The Bertz CT molecular complexity index is 558. The molecule has 0 aromatic heterocycles. The molecular weight excluding hydrogens is 274 g/mol. The molecule has 2 nitrogen and oxygen atoms in total. The Morgan fingerprint density at radius 1 is 0.762 bits per heavy atom. The summed E-state index contributed by atoms with van der Waals surface area (Å²) in [5, 5.41) is 0. The second-order valence-corrected chi connectivity index (χ2v) is 4.87. The molecule has 0 aliphatic rings. The average Bonchev–Trinajstić information content (AvgIpc) is 2.42. The zero-order chi connectivity index (χ0) is 15.2. The lowest BCUT2D eigenvalue weighted by Gasteiger charge is -2.11. The van der Waals surface area contributed by atoms with E-state index in [1.54, 1.807) is 26.0 Å². The maximum absolute atomic E-state index is 12.9. The van der Waals surface area contributed by atoms with E-state index < -0.39 is 0 Å². The molecule has 2 aromatic carbocycles. The van der Waals surface area contributed by atoms with Crippen molar-refractivity contribution in [1.29, 1.82) is 0 Å². The Balaban J connectivity index is 1.75. The molecule has 0 saturated heterocycles. The minimum atomic E-state index is -0.269. The lowest BCUT2D eigenvalue weighted by molar-refractivity contribution is 0.245. The first-order valence-electron chi connectivity index (χ1n) is 6.84. The molecule has 0 aliphatic carbocycles. The topological polar surface area (TPSA) is 18.5 Å². The molecular formula is C17H18F2O2. The van der Waals surface area contributed by atoms with Gasteiger partial charge in [-0.2, -0.15) is 0 Å². The summed E-state index contributed by atoms with van der Waals surface area (Å²) in [4.78, 5) is 0. The summed E-state index contributed by atoms with van der Waals surface area (Å²) in [5.41, 5.74) is 1.54. The van der Waals surface area contributed by atoms with Gasteiger partial charge in [-0.15, -0.1) is 0 Å². The number of benzene rings is 2. The normalized spacial score (nSPS) is 10.5. The highest BCUT2D eigenvalue weighted by atomic mass is 19.1. The smallest absolute Gasteiger partial charge is 0.123 e. The number of ether oxygens (including phenoxy) is 2. The summed E-state index contributed by atoms with van der Waals surface area (Å²) < 4.78 is 37.0. The van der Waals surface area contributed by atoms with Gasteiger partial charge in [0.05, 0.1) is 13.2 Å². The summed E-state index contributed by atoms with van der Waals surface area (Å²) >= 11 is 0. The third kappa shape index (κ3) is 4.45. The molecule has 2 aromatic rings. The van der Waals surface area contributed by atoms with Crippen LogP contribution in [0.15, 0.2) is 36.4 Å². The van der Waals surface area contributed by atoms with Gasteiger partial charge in [-0.25, -0.2) is 8.78 Å². The van der Waals surface area contributed by atoms with Crippen LogP contribution in [0.2, 0.25) is 0 Å². The molecule has 0 heterocycles. The van der Waals surface area contributed by atoms with Gasteiger partial charge >= 0.3 is 0 Å². The van der Waals surface area contributed by atoms with Crippen molar-refractivity contribution in [2.24, 2.45) is 0 Å². The van der Waals surface area contributed by atoms with Crippen LogP contribution in [0.3, 0.4) is 0 Å². The van der Waals surface area contributed by atoms with Crippen LogP contribution in [0.4, 0.5) is 8.78 Å². The highest BCUT2D eigenvalue weighted by molar-refractivity contribution is 5.33. The zero-order valence-electron chi connectivity index (χ0n) is 12.2. The molecule has 0 bridgehead atoms.